The van der Waals surface area contributed by atoms with Gasteiger partial charge in [-0.25, -0.2) is 0 Å². The number of rotatable bonds is 12. The Morgan fingerprint density at radius 2 is 1.48 bits per heavy atom. The largest absolute Gasteiger partial charge is 0.504 e. The molecule has 0 aliphatic heterocycles. The summed E-state index contributed by atoms with van der Waals surface area (Å²) in [5.74, 6) is -0.594. The number of phenols is 3. The van der Waals surface area contributed by atoms with Crippen LogP contribution in [0, 0.1) is 0 Å². The predicted octanol–water partition coefficient (Wildman–Crippen LogP) is 5.91. The zero-order chi connectivity index (χ0) is 18.5. The van der Waals surface area contributed by atoms with E-state index in [-0.39, 0.29) is 28.6 Å². The summed E-state index contributed by atoms with van der Waals surface area (Å²) in [4.78, 5) is 0. The molecular formula is C21H32O4. The molecular weight excluding hydrogens is 316 g/mol. The van der Waals surface area contributed by atoms with Gasteiger partial charge in [-0.15, -0.1) is 0 Å². The second-order valence-corrected chi connectivity index (χ2v) is 6.09. The quantitative estimate of drug-likeness (QED) is 0.190. The zero-order valence-corrected chi connectivity index (χ0v) is 15.5. The van der Waals surface area contributed by atoms with Crippen LogP contribution in [0.1, 0.15) is 70.8 Å². The average Bonchev–Trinajstić information content (AvgIpc) is 2.60. The molecule has 0 radical (unpaired) electrons. The molecule has 25 heavy (non-hydrogen) atoms. The molecule has 1 aromatic carbocycles. The number of aromatic hydroxyl groups is 3. The summed E-state index contributed by atoms with van der Waals surface area (Å²) >= 11 is 0. The summed E-state index contributed by atoms with van der Waals surface area (Å²) in [6, 6.07) is 1.22. The van der Waals surface area contributed by atoms with Crippen LogP contribution < -0.4 is 4.74 Å². The van der Waals surface area contributed by atoms with Gasteiger partial charge in [-0.1, -0.05) is 50.5 Å². The molecule has 1 aromatic rings. The Balaban J connectivity index is 2.40. The van der Waals surface area contributed by atoms with E-state index in [4.69, 9.17) is 4.74 Å². The van der Waals surface area contributed by atoms with Crippen LogP contribution in [0.3, 0.4) is 0 Å². The van der Waals surface area contributed by atoms with E-state index in [1.54, 1.807) is 13.0 Å². The first-order valence-corrected chi connectivity index (χ1v) is 9.34. The van der Waals surface area contributed by atoms with E-state index in [1.807, 2.05) is 6.08 Å². The van der Waals surface area contributed by atoms with Crippen LogP contribution in [0.15, 0.2) is 24.3 Å². The van der Waals surface area contributed by atoms with E-state index in [0.717, 1.165) is 25.7 Å². The molecule has 0 bridgehead atoms. The van der Waals surface area contributed by atoms with Gasteiger partial charge in [0.25, 0.3) is 0 Å². The molecule has 3 N–H and O–H groups in total. The molecule has 0 aliphatic rings. The van der Waals surface area contributed by atoms with Crippen molar-refractivity contribution in [1.29, 1.82) is 0 Å². The smallest absolute Gasteiger partial charge is 0.169 e. The Morgan fingerprint density at radius 3 is 2.12 bits per heavy atom. The maximum absolute atomic E-state index is 10.1. The van der Waals surface area contributed by atoms with Crippen molar-refractivity contribution in [2.24, 2.45) is 0 Å². The van der Waals surface area contributed by atoms with E-state index >= 15 is 0 Å². The van der Waals surface area contributed by atoms with Gasteiger partial charge in [0.15, 0.2) is 23.0 Å². The molecule has 0 aliphatic carbocycles. The van der Waals surface area contributed by atoms with Gasteiger partial charge in [-0.05, 0) is 39.0 Å². The lowest BCUT2D eigenvalue weighted by molar-refractivity contribution is 0.311. The zero-order valence-electron chi connectivity index (χ0n) is 15.5. The lowest BCUT2D eigenvalue weighted by Gasteiger charge is -2.11. The van der Waals surface area contributed by atoms with Gasteiger partial charge < -0.3 is 20.1 Å². The van der Waals surface area contributed by atoms with Crippen molar-refractivity contribution in [2.45, 2.75) is 65.2 Å². The Labute approximate surface area is 151 Å². The maximum atomic E-state index is 10.1. The van der Waals surface area contributed by atoms with Crippen LogP contribution in [0.5, 0.6) is 23.0 Å². The number of allylic oxidation sites excluding steroid dienone is 3. The van der Waals surface area contributed by atoms with Crippen LogP contribution in [0.4, 0.5) is 0 Å². The Kier molecular flexibility index (Phi) is 10.3. The highest BCUT2D eigenvalue weighted by atomic mass is 16.5. The van der Waals surface area contributed by atoms with Crippen molar-refractivity contribution in [3.8, 4) is 23.0 Å². The van der Waals surface area contributed by atoms with Gasteiger partial charge in [0.05, 0.1) is 12.2 Å². The van der Waals surface area contributed by atoms with Crippen molar-refractivity contribution >= 4 is 6.08 Å². The summed E-state index contributed by atoms with van der Waals surface area (Å²) < 4.78 is 5.26. The van der Waals surface area contributed by atoms with Crippen molar-refractivity contribution in [3.05, 3.63) is 29.9 Å². The lowest BCUT2D eigenvalue weighted by atomic mass is 10.1. The fourth-order valence-electron chi connectivity index (χ4n) is 2.53. The minimum Gasteiger partial charge on any atom is -0.504 e. The predicted molar refractivity (Wildman–Crippen MR) is 103 cm³/mol. The first-order valence-electron chi connectivity index (χ1n) is 9.34. The molecule has 0 heterocycles. The van der Waals surface area contributed by atoms with Crippen molar-refractivity contribution in [1.82, 2.24) is 0 Å². The van der Waals surface area contributed by atoms with Crippen molar-refractivity contribution in [2.75, 3.05) is 6.61 Å². The molecule has 4 heteroatoms. The van der Waals surface area contributed by atoms with E-state index in [9.17, 15) is 15.3 Å². The molecule has 0 amide bonds. The molecule has 0 saturated carbocycles. The third-order valence-electron chi connectivity index (χ3n) is 3.97. The highest BCUT2D eigenvalue weighted by Gasteiger charge is 2.15. The SMILES string of the molecule is CCCCC=CCCCCCC=Cc1c(O)c(O)cc(OCC)c1O. The van der Waals surface area contributed by atoms with Crippen LogP contribution in [0.2, 0.25) is 0 Å². The second kappa shape index (κ2) is 12.3. The van der Waals surface area contributed by atoms with E-state index in [2.05, 4.69) is 19.1 Å². The maximum Gasteiger partial charge on any atom is 0.169 e. The molecule has 140 valence electrons. The second-order valence-electron chi connectivity index (χ2n) is 6.09. The minimum absolute atomic E-state index is 0.148. The third-order valence-corrected chi connectivity index (χ3v) is 3.97. The van der Waals surface area contributed by atoms with Gasteiger partial charge in [-0.2, -0.15) is 0 Å². The summed E-state index contributed by atoms with van der Waals surface area (Å²) in [5.41, 5.74) is 0.197. The molecule has 0 spiro atoms. The molecule has 4 nitrogen and oxygen atoms in total. The Hall–Kier alpha value is -2.10. The number of hydrogen-bond donors (Lipinski definition) is 3. The number of benzene rings is 1. The van der Waals surface area contributed by atoms with Gasteiger partial charge in [-0.3, -0.25) is 0 Å². The Morgan fingerprint density at radius 1 is 0.840 bits per heavy atom. The number of unbranched alkanes of at least 4 members (excludes halogenated alkanes) is 6. The number of ether oxygens (including phenoxy) is 1. The monoisotopic (exact) mass is 348 g/mol. The van der Waals surface area contributed by atoms with Crippen LogP contribution in [-0.2, 0) is 0 Å². The van der Waals surface area contributed by atoms with Crippen molar-refractivity contribution in [3.63, 3.8) is 0 Å². The lowest BCUT2D eigenvalue weighted by Crippen LogP contribution is -1.93. The number of hydrogen-bond acceptors (Lipinski definition) is 4. The standard InChI is InChI=1S/C21H32O4/c1-3-5-6-7-8-9-10-11-12-13-14-15-17-20(23)18(22)16-19(21(17)24)25-4-2/h7-8,14-16,22-24H,3-6,9-13H2,1-2H3. The molecule has 1 rings (SSSR count). The van der Waals surface area contributed by atoms with E-state index < -0.39 is 0 Å². The van der Waals surface area contributed by atoms with Gasteiger partial charge in [0.1, 0.15) is 0 Å². The fraction of sp³-hybridized carbons (Fsp3) is 0.524. The third kappa shape index (κ3) is 7.55. The summed E-state index contributed by atoms with van der Waals surface area (Å²) in [7, 11) is 0. The summed E-state index contributed by atoms with van der Waals surface area (Å²) in [6.07, 6.45) is 17.1. The topological polar surface area (TPSA) is 69.9 Å². The number of phenolic OH excluding ortho intramolecular Hbond substituents is 3. The average molecular weight is 348 g/mol. The van der Waals surface area contributed by atoms with Crippen LogP contribution in [0.25, 0.3) is 6.08 Å². The molecule has 0 aromatic heterocycles. The van der Waals surface area contributed by atoms with E-state index in [0.29, 0.717) is 6.61 Å². The van der Waals surface area contributed by atoms with E-state index in [1.165, 1.54) is 31.7 Å². The first-order chi connectivity index (χ1) is 12.1. The van der Waals surface area contributed by atoms with Crippen LogP contribution in [-0.4, -0.2) is 21.9 Å². The molecule has 0 fully saturated rings. The summed E-state index contributed by atoms with van der Waals surface area (Å²) in [6.45, 7) is 4.36. The van der Waals surface area contributed by atoms with Gasteiger partial charge in [0.2, 0.25) is 0 Å². The molecule has 0 atom stereocenters. The minimum atomic E-state index is -0.325. The highest BCUT2D eigenvalue weighted by molar-refractivity contribution is 5.71. The normalized spacial score (nSPS) is 11.6. The van der Waals surface area contributed by atoms with Crippen LogP contribution >= 0.6 is 0 Å². The van der Waals surface area contributed by atoms with Gasteiger partial charge >= 0.3 is 0 Å². The summed E-state index contributed by atoms with van der Waals surface area (Å²) in [5, 5.41) is 29.8. The van der Waals surface area contributed by atoms with Crippen molar-refractivity contribution < 1.29 is 20.1 Å². The van der Waals surface area contributed by atoms with Gasteiger partial charge in [0, 0.05) is 6.07 Å². The first kappa shape index (κ1) is 20.9. The highest BCUT2D eigenvalue weighted by Crippen LogP contribution is 2.43. The molecule has 0 saturated heterocycles. The Bertz CT molecular complexity index is 562. The fourth-order valence-corrected chi connectivity index (χ4v) is 2.53. The molecule has 0 unspecified atom stereocenters.